The van der Waals surface area contributed by atoms with Gasteiger partial charge in [0.15, 0.2) is 0 Å². The molecule has 1 fully saturated rings. The van der Waals surface area contributed by atoms with Crippen LogP contribution in [0.1, 0.15) is 51.0 Å². The molecule has 0 saturated heterocycles. The molecule has 0 atom stereocenters. The van der Waals surface area contributed by atoms with Gasteiger partial charge in [-0.1, -0.05) is 12.1 Å². The predicted molar refractivity (Wildman–Crippen MR) is 71.4 cm³/mol. The van der Waals surface area contributed by atoms with Crippen LogP contribution in [0.5, 0.6) is 5.75 Å². The van der Waals surface area contributed by atoms with Crippen LogP contribution in [-0.4, -0.2) is 12.1 Å². The molecule has 0 unspecified atom stereocenters. The van der Waals surface area contributed by atoms with Crippen molar-refractivity contribution in [2.75, 3.05) is 0 Å². The monoisotopic (exact) mass is 233 g/mol. The van der Waals surface area contributed by atoms with Crippen molar-refractivity contribution in [3.8, 4) is 5.75 Å². The lowest BCUT2D eigenvalue weighted by molar-refractivity contribution is 0.242. The Morgan fingerprint density at radius 1 is 1.18 bits per heavy atom. The Morgan fingerprint density at radius 2 is 1.88 bits per heavy atom. The lowest BCUT2D eigenvalue weighted by Gasteiger charge is -2.26. The molecule has 17 heavy (non-hydrogen) atoms. The standard InChI is InChI=1S/C15H23NO/c1-11(2)17-15-5-3-4-13(10-15)12-6-8-14(16)9-7-12/h3-5,10-12,14H,6-9,16H2,1-2H3. The molecule has 1 saturated carbocycles. The maximum atomic E-state index is 5.95. The first kappa shape index (κ1) is 12.4. The molecule has 1 aromatic carbocycles. The SMILES string of the molecule is CC(C)Oc1cccc(C2CCC(N)CC2)c1. The molecule has 94 valence electrons. The number of hydrogen-bond donors (Lipinski definition) is 1. The quantitative estimate of drug-likeness (QED) is 0.867. The second kappa shape index (κ2) is 5.54. The fourth-order valence-electron chi connectivity index (χ4n) is 2.57. The topological polar surface area (TPSA) is 35.2 Å². The summed E-state index contributed by atoms with van der Waals surface area (Å²) in [5, 5.41) is 0. The summed E-state index contributed by atoms with van der Waals surface area (Å²) in [5.74, 6) is 1.66. The molecule has 0 aliphatic heterocycles. The van der Waals surface area contributed by atoms with E-state index in [1.807, 2.05) is 6.07 Å². The largest absolute Gasteiger partial charge is 0.491 e. The van der Waals surface area contributed by atoms with E-state index in [1.165, 1.54) is 18.4 Å². The molecular formula is C15H23NO. The van der Waals surface area contributed by atoms with Crippen LogP contribution in [0.15, 0.2) is 24.3 Å². The van der Waals surface area contributed by atoms with Crippen molar-refractivity contribution in [3.05, 3.63) is 29.8 Å². The molecule has 2 nitrogen and oxygen atoms in total. The third kappa shape index (κ3) is 3.47. The Kier molecular flexibility index (Phi) is 4.06. The summed E-state index contributed by atoms with van der Waals surface area (Å²) in [4.78, 5) is 0. The van der Waals surface area contributed by atoms with E-state index < -0.39 is 0 Å². The van der Waals surface area contributed by atoms with E-state index in [9.17, 15) is 0 Å². The predicted octanol–water partition coefficient (Wildman–Crippen LogP) is 3.46. The van der Waals surface area contributed by atoms with Crippen LogP contribution in [0.3, 0.4) is 0 Å². The molecule has 0 amide bonds. The smallest absolute Gasteiger partial charge is 0.119 e. The summed E-state index contributed by atoms with van der Waals surface area (Å²) in [6.45, 7) is 4.12. The van der Waals surface area contributed by atoms with Crippen molar-refractivity contribution in [1.82, 2.24) is 0 Å². The normalized spacial score (nSPS) is 24.9. The van der Waals surface area contributed by atoms with Gasteiger partial charge in [0.2, 0.25) is 0 Å². The average molecular weight is 233 g/mol. The van der Waals surface area contributed by atoms with Gasteiger partial charge in [0.1, 0.15) is 5.75 Å². The first-order valence-corrected chi connectivity index (χ1v) is 6.67. The maximum Gasteiger partial charge on any atom is 0.119 e. The number of rotatable bonds is 3. The van der Waals surface area contributed by atoms with Gasteiger partial charge in [0, 0.05) is 6.04 Å². The van der Waals surface area contributed by atoms with Crippen LogP contribution in [0.4, 0.5) is 0 Å². The molecule has 0 bridgehead atoms. The van der Waals surface area contributed by atoms with Gasteiger partial charge in [0.05, 0.1) is 6.10 Å². The minimum absolute atomic E-state index is 0.241. The minimum Gasteiger partial charge on any atom is -0.491 e. The Hall–Kier alpha value is -1.02. The van der Waals surface area contributed by atoms with E-state index in [0.717, 1.165) is 18.6 Å². The van der Waals surface area contributed by atoms with E-state index in [1.54, 1.807) is 0 Å². The van der Waals surface area contributed by atoms with Gasteiger partial charge in [0.25, 0.3) is 0 Å². The summed E-state index contributed by atoms with van der Waals surface area (Å²) in [6, 6.07) is 8.97. The number of ether oxygens (including phenoxy) is 1. The zero-order valence-electron chi connectivity index (χ0n) is 10.9. The second-order valence-electron chi connectivity index (χ2n) is 5.35. The number of hydrogen-bond acceptors (Lipinski definition) is 2. The van der Waals surface area contributed by atoms with Gasteiger partial charge in [-0.2, -0.15) is 0 Å². The van der Waals surface area contributed by atoms with Crippen molar-refractivity contribution in [1.29, 1.82) is 0 Å². The summed E-state index contributed by atoms with van der Waals surface area (Å²) in [6.07, 6.45) is 4.98. The van der Waals surface area contributed by atoms with Gasteiger partial charge in [-0.15, -0.1) is 0 Å². The van der Waals surface area contributed by atoms with Crippen LogP contribution < -0.4 is 10.5 Å². The highest BCUT2D eigenvalue weighted by molar-refractivity contribution is 5.31. The van der Waals surface area contributed by atoms with Crippen molar-refractivity contribution < 1.29 is 4.74 Å². The maximum absolute atomic E-state index is 5.95. The van der Waals surface area contributed by atoms with Crippen LogP contribution >= 0.6 is 0 Å². The second-order valence-corrected chi connectivity index (χ2v) is 5.35. The molecule has 2 rings (SSSR count). The van der Waals surface area contributed by atoms with E-state index in [2.05, 4.69) is 32.0 Å². The fraction of sp³-hybridized carbons (Fsp3) is 0.600. The summed E-state index contributed by atoms with van der Waals surface area (Å²) in [5.41, 5.74) is 7.36. The van der Waals surface area contributed by atoms with E-state index in [-0.39, 0.29) is 6.10 Å². The van der Waals surface area contributed by atoms with E-state index in [4.69, 9.17) is 10.5 Å². The lowest BCUT2D eigenvalue weighted by Crippen LogP contribution is -2.25. The molecule has 1 aliphatic carbocycles. The molecule has 0 heterocycles. The van der Waals surface area contributed by atoms with Crippen LogP contribution in [0.2, 0.25) is 0 Å². The molecule has 1 aromatic rings. The van der Waals surface area contributed by atoms with Crippen molar-refractivity contribution in [2.45, 2.75) is 57.6 Å². The van der Waals surface area contributed by atoms with Gasteiger partial charge >= 0.3 is 0 Å². The lowest BCUT2D eigenvalue weighted by atomic mass is 9.82. The van der Waals surface area contributed by atoms with Crippen molar-refractivity contribution in [3.63, 3.8) is 0 Å². The highest BCUT2D eigenvalue weighted by atomic mass is 16.5. The zero-order valence-corrected chi connectivity index (χ0v) is 10.9. The summed E-state index contributed by atoms with van der Waals surface area (Å²) >= 11 is 0. The van der Waals surface area contributed by atoms with Gasteiger partial charge in [-0.3, -0.25) is 0 Å². The molecule has 2 N–H and O–H groups in total. The van der Waals surface area contributed by atoms with Gasteiger partial charge in [-0.25, -0.2) is 0 Å². The molecule has 0 aromatic heterocycles. The molecule has 1 aliphatic rings. The highest BCUT2D eigenvalue weighted by Gasteiger charge is 2.20. The highest BCUT2D eigenvalue weighted by Crippen LogP contribution is 2.33. The molecule has 0 spiro atoms. The van der Waals surface area contributed by atoms with Gasteiger partial charge < -0.3 is 10.5 Å². The minimum atomic E-state index is 0.241. The Labute approximate surface area is 104 Å². The van der Waals surface area contributed by atoms with Crippen LogP contribution in [-0.2, 0) is 0 Å². The third-order valence-electron chi connectivity index (χ3n) is 3.47. The Morgan fingerprint density at radius 3 is 2.53 bits per heavy atom. The summed E-state index contributed by atoms with van der Waals surface area (Å²) in [7, 11) is 0. The third-order valence-corrected chi connectivity index (χ3v) is 3.47. The molecular weight excluding hydrogens is 210 g/mol. The Balaban J connectivity index is 2.05. The van der Waals surface area contributed by atoms with Crippen LogP contribution in [0, 0.1) is 0 Å². The van der Waals surface area contributed by atoms with E-state index in [0.29, 0.717) is 12.0 Å². The Bertz CT molecular complexity index is 354. The fourth-order valence-corrected chi connectivity index (χ4v) is 2.57. The van der Waals surface area contributed by atoms with Crippen LogP contribution in [0.25, 0.3) is 0 Å². The zero-order chi connectivity index (χ0) is 12.3. The first-order valence-electron chi connectivity index (χ1n) is 6.67. The first-order chi connectivity index (χ1) is 8.15. The van der Waals surface area contributed by atoms with Crippen molar-refractivity contribution in [2.24, 2.45) is 5.73 Å². The summed E-state index contributed by atoms with van der Waals surface area (Å²) < 4.78 is 5.74. The molecule has 0 radical (unpaired) electrons. The average Bonchev–Trinajstić information content (AvgIpc) is 2.29. The van der Waals surface area contributed by atoms with Crippen molar-refractivity contribution >= 4 is 0 Å². The molecule has 2 heteroatoms. The van der Waals surface area contributed by atoms with Gasteiger partial charge in [-0.05, 0) is 63.1 Å². The number of benzene rings is 1. The van der Waals surface area contributed by atoms with E-state index >= 15 is 0 Å². The number of nitrogens with two attached hydrogens (primary N) is 1.